The Hall–Kier alpha value is -1.59. The molecular formula is C44H84O6. The highest BCUT2D eigenvalue weighted by atomic mass is 16.6. The standard InChI is InChI=1S/C44H84O6/c1-5-7-9-11-13-15-17-19-20-22-27-31-35-42(45)48-38-41(39-49-43(46)36-32-28-25-24-26-30-34-40(3)4)50-44(47)37-33-29-23-21-18-16-14-12-10-8-6-2/h40-41H,5-39H2,1-4H3/t41-/m0/s1. The van der Waals surface area contributed by atoms with Gasteiger partial charge in [0.1, 0.15) is 13.2 Å². The van der Waals surface area contributed by atoms with Gasteiger partial charge in [-0.25, -0.2) is 0 Å². The maximum Gasteiger partial charge on any atom is 0.306 e. The average Bonchev–Trinajstić information content (AvgIpc) is 3.09. The normalized spacial score (nSPS) is 11.9. The maximum absolute atomic E-state index is 12.7. The molecule has 296 valence electrons. The van der Waals surface area contributed by atoms with Gasteiger partial charge in [-0.1, -0.05) is 201 Å². The maximum atomic E-state index is 12.7. The van der Waals surface area contributed by atoms with Crippen LogP contribution in [-0.4, -0.2) is 37.2 Å². The molecule has 0 fully saturated rings. The fraction of sp³-hybridized carbons (Fsp3) is 0.932. The second-order valence-corrected chi connectivity index (χ2v) is 15.5. The summed E-state index contributed by atoms with van der Waals surface area (Å²) in [5, 5.41) is 0. The Morgan fingerprint density at radius 3 is 0.980 bits per heavy atom. The summed E-state index contributed by atoms with van der Waals surface area (Å²) in [6.45, 7) is 8.91. The summed E-state index contributed by atoms with van der Waals surface area (Å²) in [5.74, 6) is -0.0983. The zero-order valence-electron chi connectivity index (χ0n) is 33.9. The van der Waals surface area contributed by atoms with Gasteiger partial charge in [-0.05, 0) is 25.2 Å². The molecule has 6 nitrogen and oxygen atoms in total. The van der Waals surface area contributed by atoms with Crippen LogP contribution in [0.2, 0.25) is 0 Å². The fourth-order valence-electron chi connectivity index (χ4n) is 6.45. The van der Waals surface area contributed by atoms with E-state index in [1.165, 1.54) is 135 Å². The van der Waals surface area contributed by atoms with Crippen molar-refractivity contribution in [3.63, 3.8) is 0 Å². The molecule has 0 unspecified atom stereocenters. The molecule has 0 N–H and O–H groups in total. The van der Waals surface area contributed by atoms with Crippen molar-refractivity contribution >= 4 is 17.9 Å². The Balaban J connectivity index is 4.33. The molecule has 0 aromatic carbocycles. The first-order valence-corrected chi connectivity index (χ1v) is 21.9. The van der Waals surface area contributed by atoms with E-state index in [4.69, 9.17) is 14.2 Å². The predicted octanol–water partition coefficient (Wildman–Crippen LogP) is 13.6. The van der Waals surface area contributed by atoms with Crippen LogP contribution in [0.3, 0.4) is 0 Å². The molecular weight excluding hydrogens is 624 g/mol. The molecule has 0 radical (unpaired) electrons. The first-order valence-electron chi connectivity index (χ1n) is 21.9. The number of hydrogen-bond acceptors (Lipinski definition) is 6. The van der Waals surface area contributed by atoms with Crippen molar-refractivity contribution in [1.29, 1.82) is 0 Å². The van der Waals surface area contributed by atoms with Gasteiger partial charge in [0, 0.05) is 19.3 Å². The highest BCUT2D eigenvalue weighted by molar-refractivity contribution is 5.71. The van der Waals surface area contributed by atoms with Crippen molar-refractivity contribution in [2.24, 2.45) is 5.92 Å². The Morgan fingerprint density at radius 1 is 0.380 bits per heavy atom. The molecule has 0 aromatic rings. The van der Waals surface area contributed by atoms with E-state index in [9.17, 15) is 14.4 Å². The van der Waals surface area contributed by atoms with Crippen molar-refractivity contribution in [3.05, 3.63) is 0 Å². The summed E-state index contributed by atoms with van der Waals surface area (Å²) in [4.78, 5) is 37.6. The molecule has 0 heterocycles. The van der Waals surface area contributed by atoms with Crippen LogP contribution in [0.15, 0.2) is 0 Å². The number of hydrogen-bond donors (Lipinski definition) is 0. The molecule has 0 aliphatic heterocycles. The SMILES string of the molecule is CCCCCCCCCCCCCCC(=O)OC[C@@H](COC(=O)CCCCCCCCC(C)C)OC(=O)CCCCCCCCCCCCC. The molecule has 0 rings (SSSR count). The Morgan fingerprint density at radius 2 is 0.660 bits per heavy atom. The monoisotopic (exact) mass is 709 g/mol. The van der Waals surface area contributed by atoms with Gasteiger partial charge in [-0.3, -0.25) is 14.4 Å². The number of carbonyl (C=O) groups is 3. The van der Waals surface area contributed by atoms with Gasteiger partial charge >= 0.3 is 17.9 Å². The van der Waals surface area contributed by atoms with Crippen LogP contribution >= 0.6 is 0 Å². The Bertz CT molecular complexity index is 751. The highest BCUT2D eigenvalue weighted by Gasteiger charge is 2.19. The van der Waals surface area contributed by atoms with Crippen LogP contribution in [0.1, 0.15) is 240 Å². The summed E-state index contributed by atoms with van der Waals surface area (Å²) < 4.78 is 16.7. The minimum atomic E-state index is -0.758. The first-order chi connectivity index (χ1) is 24.4. The van der Waals surface area contributed by atoms with Crippen LogP contribution in [0.25, 0.3) is 0 Å². The Kier molecular flexibility index (Phi) is 37.4. The average molecular weight is 709 g/mol. The summed E-state index contributed by atoms with van der Waals surface area (Å²) in [7, 11) is 0. The van der Waals surface area contributed by atoms with Gasteiger partial charge < -0.3 is 14.2 Å². The van der Waals surface area contributed by atoms with Crippen LogP contribution < -0.4 is 0 Å². The van der Waals surface area contributed by atoms with Crippen molar-refractivity contribution in [2.75, 3.05) is 13.2 Å². The molecule has 6 heteroatoms. The second kappa shape index (κ2) is 38.6. The lowest BCUT2D eigenvalue weighted by Crippen LogP contribution is -2.30. The number of esters is 3. The third-order valence-electron chi connectivity index (χ3n) is 9.79. The van der Waals surface area contributed by atoms with Crippen molar-refractivity contribution < 1.29 is 28.6 Å². The van der Waals surface area contributed by atoms with Crippen LogP contribution in [0, 0.1) is 5.92 Å². The largest absolute Gasteiger partial charge is 0.462 e. The van der Waals surface area contributed by atoms with Gasteiger partial charge in [0.15, 0.2) is 6.10 Å². The summed E-state index contributed by atoms with van der Waals surface area (Å²) in [6.07, 6.45) is 36.6. The summed E-state index contributed by atoms with van der Waals surface area (Å²) >= 11 is 0. The summed E-state index contributed by atoms with van der Waals surface area (Å²) in [6, 6.07) is 0. The zero-order valence-corrected chi connectivity index (χ0v) is 33.9. The molecule has 0 amide bonds. The topological polar surface area (TPSA) is 78.9 Å². The lowest BCUT2D eigenvalue weighted by Gasteiger charge is -2.18. The molecule has 0 saturated heterocycles. The van der Waals surface area contributed by atoms with Crippen molar-refractivity contribution in [3.8, 4) is 0 Å². The van der Waals surface area contributed by atoms with E-state index in [0.717, 1.165) is 63.7 Å². The van der Waals surface area contributed by atoms with Crippen LogP contribution in [0.5, 0.6) is 0 Å². The number of carbonyl (C=O) groups excluding carboxylic acids is 3. The first kappa shape index (κ1) is 48.4. The van der Waals surface area contributed by atoms with Gasteiger partial charge in [0.05, 0.1) is 0 Å². The van der Waals surface area contributed by atoms with Crippen LogP contribution in [-0.2, 0) is 28.6 Å². The predicted molar refractivity (Wildman–Crippen MR) is 210 cm³/mol. The third kappa shape index (κ3) is 37.7. The van der Waals surface area contributed by atoms with E-state index in [1.807, 2.05) is 0 Å². The fourth-order valence-corrected chi connectivity index (χ4v) is 6.45. The van der Waals surface area contributed by atoms with Crippen molar-refractivity contribution in [1.82, 2.24) is 0 Å². The minimum absolute atomic E-state index is 0.0647. The van der Waals surface area contributed by atoms with E-state index in [0.29, 0.717) is 19.3 Å². The van der Waals surface area contributed by atoms with Gasteiger partial charge in [-0.2, -0.15) is 0 Å². The molecule has 0 bridgehead atoms. The van der Waals surface area contributed by atoms with E-state index in [1.54, 1.807) is 0 Å². The number of ether oxygens (including phenoxy) is 3. The number of rotatable bonds is 39. The lowest BCUT2D eigenvalue weighted by atomic mass is 10.0. The highest BCUT2D eigenvalue weighted by Crippen LogP contribution is 2.15. The molecule has 0 saturated carbocycles. The van der Waals surface area contributed by atoms with Gasteiger partial charge in [0.25, 0.3) is 0 Å². The van der Waals surface area contributed by atoms with Crippen LogP contribution in [0.4, 0.5) is 0 Å². The lowest BCUT2D eigenvalue weighted by molar-refractivity contribution is -0.167. The zero-order chi connectivity index (χ0) is 36.8. The van der Waals surface area contributed by atoms with Gasteiger partial charge in [0.2, 0.25) is 0 Å². The third-order valence-corrected chi connectivity index (χ3v) is 9.79. The molecule has 1 atom stereocenters. The number of unbranched alkanes of at least 4 members (excludes halogenated alkanes) is 26. The quantitative estimate of drug-likeness (QED) is 0.0359. The van der Waals surface area contributed by atoms with Gasteiger partial charge in [-0.15, -0.1) is 0 Å². The minimum Gasteiger partial charge on any atom is -0.462 e. The summed E-state index contributed by atoms with van der Waals surface area (Å²) in [5.41, 5.74) is 0. The molecule has 0 aliphatic rings. The molecule has 0 aromatic heterocycles. The van der Waals surface area contributed by atoms with E-state index in [-0.39, 0.29) is 31.1 Å². The molecule has 0 spiro atoms. The smallest absolute Gasteiger partial charge is 0.306 e. The van der Waals surface area contributed by atoms with E-state index in [2.05, 4.69) is 27.7 Å². The second-order valence-electron chi connectivity index (χ2n) is 15.5. The molecule has 50 heavy (non-hydrogen) atoms. The van der Waals surface area contributed by atoms with E-state index >= 15 is 0 Å². The Labute approximate surface area is 310 Å². The van der Waals surface area contributed by atoms with Crippen molar-refractivity contribution in [2.45, 2.75) is 246 Å². The molecule has 0 aliphatic carbocycles. The van der Waals surface area contributed by atoms with E-state index < -0.39 is 6.10 Å².